The molecule has 0 aliphatic heterocycles. The lowest BCUT2D eigenvalue weighted by atomic mass is 9.97. The Hall–Kier alpha value is -2.21. The molecule has 1 amide bonds. The van der Waals surface area contributed by atoms with Crippen molar-refractivity contribution in [2.45, 2.75) is 52.1 Å². The Morgan fingerprint density at radius 2 is 1.88 bits per heavy atom. The highest BCUT2D eigenvalue weighted by Gasteiger charge is 2.22. The van der Waals surface area contributed by atoms with Gasteiger partial charge in [-0.1, -0.05) is 31.5 Å². The number of hydrogen-bond acceptors (Lipinski definition) is 5. The van der Waals surface area contributed by atoms with Crippen molar-refractivity contribution >= 4 is 5.91 Å². The van der Waals surface area contributed by atoms with Gasteiger partial charge in [-0.2, -0.15) is 0 Å². The summed E-state index contributed by atoms with van der Waals surface area (Å²) in [5.41, 5.74) is 1.19. The molecular weight excluding hydrogens is 306 g/mol. The minimum atomic E-state index is -0.835. The summed E-state index contributed by atoms with van der Waals surface area (Å²) in [6.07, 6.45) is 1.83. The molecule has 0 spiro atoms. The molecule has 0 atom stereocenters. The zero-order valence-electron chi connectivity index (χ0n) is 14.5. The van der Waals surface area contributed by atoms with E-state index in [1.807, 2.05) is 45.0 Å². The largest absolute Gasteiger partial charge is 0.421 e. The van der Waals surface area contributed by atoms with E-state index in [2.05, 4.69) is 15.5 Å². The lowest BCUT2D eigenvalue weighted by Gasteiger charge is -2.25. The van der Waals surface area contributed by atoms with E-state index in [9.17, 15) is 9.90 Å². The molecule has 0 aliphatic rings. The normalized spacial score (nSPS) is 11.5. The summed E-state index contributed by atoms with van der Waals surface area (Å²) in [6.45, 7) is 6.08. The van der Waals surface area contributed by atoms with E-state index in [1.165, 1.54) is 0 Å². The number of nitrogens with one attached hydrogen (secondary N) is 1. The van der Waals surface area contributed by atoms with Gasteiger partial charge in [0, 0.05) is 24.9 Å². The fraction of sp³-hybridized carbons (Fsp3) is 0.500. The quantitative estimate of drug-likeness (QED) is 0.776. The van der Waals surface area contributed by atoms with Crippen molar-refractivity contribution in [1.29, 1.82) is 0 Å². The predicted octanol–water partition coefficient (Wildman–Crippen LogP) is 2.64. The van der Waals surface area contributed by atoms with E-state index in [-0.39, 0.29) is 18.9 Å². The number of aliphatic hydroxyl groups is 1. The van der Waals surface area contributed by atoms with Crippen LogP contribution in [-0.4, -0.2) is 33.4 Å². The minimum absolute atomic E-state index is 0.134. The van der Waals surface area contributed by atoms with Crippen molar-refractivity contribution < 1.29 is 14.3 Å². The average Bonchev–Trinajstić information content (AvgIpc) is 3.07. The number of aryl methyl sites for hydroxylation is 2. The van der Waals surface area contributed by atoms with Crippen LogP contribution in [0.5, 0.6) is 0 Å². The summed E-state index contributed by atoms with van der Waals surface area (Å²) in [5, 5.41) is 20.9. The van der Waals surface area contributed by atoms with E-state index >= 15 is 0 Å². The van der Waals surface area contributed by atoms with Crippen LogP contribution < -0.4 is 5.32 Å². The monoisotopic (exact) mass is 331 g/mol. The Bertz CT molecular complexity index is 660. The van der Waals surface area contributed by atoms with Gasteiger partial charge in [0.15, 0.2) is 0 Å². The predicted molar refractivity (Wildman–Crippen MR) is 91.3 cm³/mol. The Balaban J connectivity index is 1.84. The molecule has 2 N–H and O–H groups in total. The lowest BCUT2D eigenvalue weighted by molar-refractivity contribution is -0.122. The van der Waals surface area contributed by atoms with Crippen molar-refractivity contribution in [1.82, 2.24) is 15.5 Å². The van der Waals surface area contributed by atoms with Gasteiger partial charge in [0.2, 0.25) is 17.7 Å². The number of carbonyl (C=O) groups is 1. The Labute approximate surface area is 142 Å². The molecule has 0 fully saturated rings. The summed E-state index contributed by atoms with van der Waals surface area (Å²) in [4.78, 5) is 11.9. The number of aromatic nitrogens is 2. The molecule has 6 heteroatoms. The molecule has 130 valence electrons. The first-order valence-corrected chi connectivity index (χ1v) is 8.34. The molecule has 0 unspecified atom stereocenters. The molecule has 1 aromatic carbocycles. The van der Waals surface area contributed by atoms with Gasteiger partial charge in [-0.05, 0) is 31.9 Å². The van der Waals surface area contributed by atoms with Gasteiger partial charge in [0.25, 0.3) is 0 Å². The third-order valence-electron chi connectivity index (χ3n) is 4.26. The maximum absolute atomic E-state index is 11.9. The van der Waals surface area contributed by atoms with Crippen LogP contribution in [-0.2, 0) is 11.2 Å². The second-order valence-electron chi connectivity index (χ2n) is 6.08. The molecule has 0 aliphatic carbocycles. The summed E-state index contributed by atoms with van der Waals surface area (Å²) in [6, 6.07) is 7.82. The van der Waals surface area contributed by atoms with E-state index in [4.69, 9.17) is 4.42 Å². The van der Waals surface area contributed by atoms with Crippen LogP contribution in [0.15, 0.2) is 28.7 Å². The van der Waals surface area contributed by atoms with Gasteiger partial charge in [0.1, 0.15) is 0 Å². The number of nitrogens with zero attached hydrogens (tertiary/aromatic N) is 2. The number of benzene rings is 1. The summed E-state index contributed by atoms with van der Waals surface area (Å²) in [7, 11) is 0. The molecule has 0 saturated carbocycles. The van der Waals surface area contributed by atoms with Crippen molar-refractivity contribution in [3.63, 3.8) is 0 Å². The average molecular weight is 331 g/mol. The maximum atomic E-state index is 11.9. The van der Waals surface area contributed by atoms with Gasteiger partial charge in [-0.3, -0.25) is 4.79 Å². The van der Waals surface area contributed by atoms with Crippen molar-refractivity contribution in [3.8, 4) is 11.5 Å². The van der Waals surface area contributed by atoms with Crippen LogP contribution in [0.1, 0.15) is 44.6 Å². The molecular formula is C18H25N3O3. The molecule has 2 rings (SSSR count). The molecule has 0 radical (unpaired) electrons. The molecule has 1 heterocycles. The van der Waals surface area contributed by atoms with E-state index in [0.29, 0.717) is 31.0 Å². The number of hydrogen-bond donors (Lipinski definition) is 2. The van der Waals surface area contributed by atoms with Crippen LogP contribution in [0, 0.1) is 6.92 Å². The van der Waals surface area contributed by atoms with Crippen LogP contribution >= 0.6 is 0 Å². The van der Waals surface area contributed by atoms with Gasteiger partial charge >= 0.3 is 0 Å². The SMILES string of the molecule is CCC(O)(CC)CNC(=O)CCc1nnc(-c2ccc(C)cc2)o1. The molecule has 1 aromatic heterocycles. The third-order valence-corrected chi connectivity index (χ3v) is 4.26. The Kier molecular flexibility index (Phi) is 6.09. The van der Waals surface area contributed by atoms with Gasteiger partial charge in [-0.15, -0.1) is 10.2 Å². The molecule has 6 nitrogen and oxygen atoms in total. The topological polar surface area (TPSA) is 88.2 Å². The third kappa shape index (κ3) is 4.89. The van der Waals surface area contributed by atoms with Crippen molar-refractivity contribution in [2.24, 2.45) is 0 Å². The minimum Gasteiger partial charge on any atom is -0.421 e. The fourth-order valence-corrected chi connectivity index (χ4v) is 2.24. The van der Waals surface area contributed by atoms with E-state index in [1.54, 1.807) is 0 Å². The molecule has 2 aromatic rings. The smallest absolute Gasteiger partial charge is 0.247 e. The second-order valence-corrected chi connectivity index (χ2v) is 6.08. The molecule has 0 bridgehead atoms. The number of amides is 1. The Morgan fingerprint density at radius 1 is 1.21 bits per heavy atom. The summed E-state index contributed by atoms with van der Waals surface area (Å²) >= 11 is 0. The Morgan fingerprint density at radius 3 is 2.50 bits per heavy atom. The number of carbonyl (C=O) groups excluding carboxylic acids is 1. The zero-order chi connectivity index (χ0) is 17.6. The van der Waals surface area contributed by atoms with E-state index in [0.717, 1.165) is 11.1 Å². The van der Waals surface area contributed by atoms with Gasteiger partial charge in [-0.25, -0.2) is 0 Å². The summed E-state index contributed by atoms with van der Waals surface area (Å²) in [5.74, 6) is 0.754. The number of rotatable bonds is 8. The summed E-state index contributed by atoms with van der Waals surface area (Å²) < 4.78 is 5.60. The van der Waals surface area contributed by atoms with E-state index < -0.39 is 5.60 Å². The standard InChI is InChI=1S/C18H25N3O3/c1-4-18(23,5-2)12-19-15(22)10-11-16-20-21-17(24-16)14-8-6-13(3)7-9-14/h6-9,23H,4-5,10-12H2,1-3H3,(H,19,22). The zero-order valence-corrected chi connectivity index (χ0v) is 14.5. The van der Waals surface area contributed by atoms with Gasteiger partial charge in [0.05, 0.1) is 5.60 Å². The van der Waals surface area contributed by atoms with Gasteiger partial charge < -0.3 is 14.8 Å². The maximum Gasteiger partial charge on any atom is 0.247 e. The van der Waals surface area contributed by atoms with Crippen LogP contribution in [0.4, 0.5) is 0 Å². The fourth-order valence-electron chi connectivity index (χ4n) is 2.24. The van der Waals surface area contributed by atoms with Crippen molar-refractivity contribution in [2.75, 3.05) is 6.54 Å². The lowest BCUT2D eigenvalue weighted by Crippen LogP contribution is -2.42. The first-order valence-electron chi connectivity index (χ1n) is 8.34. The van der Waals surface area contributed by atoms with Crippen LogP contribution in [0.2, 0.25) is 0 Å². The first-order chi connectivity index (χ1) is 11.5. The van der Waals surface area contributed by atoms with Crippen molar-refractivity contribution in [3.05, 3.63) is 35.7 Å². The van der Waals surface area contributed by atoms with Crippen LogP contribution in [0.25, 0.3) is 11.5 Å². The molecule has 24 heavy (non-hydrogen) atoms. The van der Waals surface area contributed by atoms with Crippen LogP contribution in [0.3, 0.4) is 0 Å². The molecule has 0 saturated heterocycles. The highest BCUT2D eigenvalue weighted by Crippen LogP contribution is 2.18. The highest BCUT2D eigenvalue weighted by atomic mass is 16.4. The second kappa shape index (κ2) is 8.06. The highest BCUT2D eigenvalue weighted by molar-refractivity contribution is 5.76. The first kappa shape index (κ1) is 18.1.